The second-order valence-corrected chi connectivity index (χ2v) is 8.33. The van der Waals surface area contributed by atoms with Crippen molar-refractivity contribution in [2.75, 3.05) is 19.6 Å². The van der Waals surface area contributed by atoms with E-state index in [0.717, 1.165) is 38.9 Å². The van der Waals surface area contributed by atoms with Crippen LogP contribution in [0.3, 0.4) is 0 Å². The highest BCUT2D eigenvalue weighted by atomic mass is 16.2. The molecule has 1 aromatic carbocycles. The molecule has 3 unspecified atom stereocenters. The van der Waals surface area contributed by atoms with E-state index in [2.05, 4.69) is 58.3 Å². The molecule has 3 aliphatic rings. The molecule has 3 N–H and O–H groups in total. The second kappa shape index (κ2) is 8.07. The van der Waals surface area contributed by atoms with Crippen molar-refractivity contribution in [3.05, 3.63) is 35.9 Å². The van der Waals surface area contributed by atoms with Crippen molar-refractivity contribution in [2.45, 2.75) is 57.2 Å². The van der Waals surface area contributed by atoms with Gasteiger partial charge in [-0.25, -0.2) is 0 Å². The molecule has 2 aliphatic heterocycles. The van der Waals surface area contributed by atoms with Gasteiger partial charge in [-0.3, -0.25) is 15.6 Å². The van der Waals surface area contributed by atoms with E-state index in [1.807, 2.05) is 0 Å². The van der Waals surface area contributed by atoms with E-state index in [0.29, 0.717) is 18.0 Å². The third kappa shape index (κ3) is 4.27. The number of nitrogens with one attached hydrogen (secondary N) is 3. The van der Waals surface area contributed by atoms with Crippen LogP contribution in [0.15, 0.2) is 30.3 Å². The largest absolute Gasteiger partial charge is 0.353 e. The molecular formula is C21H32N4O. The van der Waals surface area contributed by atoms with Crippen LogP contribution in [0.1, 0.15) is 38.2 Å². The Morgan fingerprint density at radius 3 is 2.54 bits per heavy atom. The zero-order valence-corrected chi connectivity index (χ0v) is 15.8. The first-order valence-electron chi connectivity index (χ1n) is 10.3. The van der Waals surface area contributed by atoms with Crippen LogP contribution in [-0.2, 0) is 11.2 Å². The Hall–Kier alpha value is -1.43. The zero-order valence-electron chi connectivity index (χ0n) is 15.8. The fraction of sp³-hybridized carbons (Fsp3) is 0.667. The Labute approximate surface area is 156 Å². The van der Waals surface area contributed by atoms with Crippen molar-refractivity contribution in [2.24, 2.45) is 11.8 Å². The van der Waals surface area contributed by atoms with Crippen molar-refractivity contribution in [3.8, 4) is 0 Å². The van der Waals surface area contributed by atoms with E-state index in [1.54, 1.807) is 0 Å². The molecule has 0 aromatic heterocycles. The van der Waals surface area contributed by atoms with Crippen molar-refractivity contribution < 1.29 is 4.79 Å². The molecule has 2 saturated heterocycles. The van der Waals surface area contributed by atoms with Gasteiger partial charge in [-0.15, -0.1) is 0 Å². The van der Waals surface area contributed by atoms with E-state index in [9.17, 15) is 4.79 Å². The lowest BCUT2D eigenvalue weighted by molar-refractivity contribution is -0.126. The number of benzene rings is 1. The molecular weight excluding hydrogens is 324 g/mol. The lowest BCUT2D eigenvalue weighted by Crippen LogP contribution is -2.49. The minimum absolute atomic E-state index is 0.0682. The van der Waals surface area contributed by atoms with Crippen LogP contribution in [-0.4, -0.2) is 48.6 Å². The van der Waals surface area contributed by atoms with Gasteiger partial charge in [0.2, 0.25) is 5.91 Å². The minimum Gasteiger partial charge on any atom is -0.353 e. The molecule has 5 heteroatoms. The number of nitrogens with zero attached hydrogens (tertiary/aromatic N) is 1. The summed E-state index contributed by atoms with van der Waals surface area (Å²) in [5.41, 5.74) is 8.04. The van der Waals surface area contributed by atoms with Crippen molar-refractivity contribution in [1.29, 1.82) is 0 Å². The number of hydrogen-bond donors (Lipinski definition) is 3. The predicted octanol–water partition coefficient (Wildman–Crippen LogP) is 1.70. The molecule has 1 aliphatic carbocycles. The fourth-order valence-corrected chi connectivity index (χ4v) is 4.50. The maximum Gasteiger partial charge on any atom is 0.226 e. The number of piperidine rings is 1. The normalized spacial score (nSPS) is 30.4. The van der Waals surface area contributed by atoms with Gasteiger partial charge in [0.15, 0.2) is 0 Å². The summed E-state index contributed by atoms with van der Waals surface area (Å²) in [6.45, 7) is 5.40. The lowest BCUT2D eigenvalue weighted by atomic mass is 9.90. The van der Waals surface area contributed by atoms with Gasteiger partial charge in [0.05, 0.1) is 5.92 Å². The molecule has 1 saturated carbocycles. The van der Waals surface area contributed by atoms with E-state index < -0.39 is 0 Å². The molecule has 3 fully saturated rings. The predicted molar refractivity (Wildman–Crippen MR) is 103 cm³/mol. The monoisotopic (exact) mass is 356 g/mol. The van der Waals surface area contributed by atoms with Gasteiger partial charge in [0, 0.05) is 37.8 Å². The number of carbonyl (C=O) groups excluding carboxylic acids is 1. The Morgan fingerprint density at radius 1 is 1.12 bits per heavy atom. The first kappa shape index (κ1) is 18.0. The molecule has 1 aromatic rings. The third-order valence-electron chi connectivity index (χ3n) is 6.33. The highest BCUT2D eigenvalue weighted by Gasteiger charge is 2.46. The molecule has 2 heterocycles. The summed E-state index contributed by atoms with van der Waals surface area (Å²) >= 11 is 0. The van der Waals surface area contributed by atoms with Crippen LogP contribution in [0.25, 0.3) is 0 Å². The standard InChI is InChI=1S/C21H32N4O/c1-15-19(20(24-23-15)17-7-8-17)21(26)22-18-10-13-25(14-11-18)12-9-16-5-3-2-4-6-16/h2-6,15,17-20,23-24H,7-14H2,1H3,(H,22,26). The van der Waals surface area contributed by atoms with E-state index in [4.69, 9.17) is 0 Å². The summed E-state index contributed by atoms with van der Waals surface area (Å²) in [5.74, 6) is 0.997. The van der Waals surface area contributed by atoms with Gasteiger partial charge < -0.3 is 10.2 Å². The fourth-order valence-electron chi connectivity index (χ4n) is 4.50. The van der Waals surface area contributed by atoms with Gasteiger partial charge in [-0.1, -0.05) is 30.3 Å². The number of hydrazine groups is 1. The van der Waals surface area contributed by atoms with Gasteiger partial charge >= 0.3 is 0 Å². The van der Waals surface area contributed by atoms with Crippen molar-refractivity contribution in [3.63, 3.8) is 0 Å². The molecule has 0 bridgehead atoms. The van der Waals surface area contributed by atoms with Crippen LogP contribution in [0.5, 0.6) is 0 Å². The molecule has 26 heavy (non-hydrogen) atoms. The number of amides is 1. The van der Waals surface area contributed by atoms with Gasteiger partial charge in [0.25, 0.3) is 0 Å². The van der Waals surface area contributed by atoms with Crippen LogP contribution in [0.4, 0.5) is 0 Å². The molecule has 0 radical (unpaired) electrons. The first-order chi connectivity index (χ1) is 12.7. The highest BCUT2D eigenvalue weighted by Crippen LogP contribution is 2.38. The SMILES string of the molecule is CC1NNC(C2CC2)C1C(=O)NC1CCN(CCc2ccccc2)CC1. The minimum atomic E-state index is 0.0682. The summed E-state index contributed by atoms with van der Waals surface area (Å²) < 4.78 is 0. The van der Waals surface area contributed by atoms with Crippen molar-refractivity contribution >= 4 is 5.91 Å². The van der Waals surface area contributed by atoms with Gasteiger partial charge in [-0.05, 0) is 50.5 Å². The number of likely N-dealkylation sites (tertiary alicyclic amines) is 1. The molecule has 5 nitrogen and oxygen atoms in total. The lowest BCUT2D eigenvalue weighted by Gasteiger charge is -2.33. The Bertz CT molecular complexity index is 595. The average molecular weight is 357 g/mol. The maximum atomic E-state index is 12.9. The summed E-state index contributed by atoms with van der Waals surface area (Å²) in [5, 5.41) is 3.35. The number of hydrogen-bond acceptors (Lipinski definition) is 4. The smallest absolute Gasteiger partial charge is 0.226 e. The van der Waals surface area contributed by atoms with Crippen LogP contribution in [0, 0.1) is 11.8 Å². The first-order valence-corrected chi connectivity index (χ1v) is 10.3. The molecule has 0 spiro atoms. The summed E-state index contributed by atoms with van der Waals surface area (Å²) in [6, 6.07) is 11.6. The van der Waals surface area contributed by atoms with Crippen molar-refractivity contribution in [1.82, 2.24) is 21.1 Å². The Kier molecular flexibility index (Phi) is 5.57. The van der Waals surface area contributed by atoms with Crippen LogP contribution >= 0.6 is 0 Å². The molecule has 1 amide bonds. The van der Waals surface area contributed by atoms with Gasteiger partial charge in [-0.2, -0.15) is 0 Å². The van der Waals surface area contributed by atoms with Crippen LogP contribution < -0.4 is 16.2 Å². The maximum absolute atomic E-state index is 12.9. The number of carbonyl (C=O) groups is 1. The molecule has 4 rings (SSSR count). The van der Waals surface area contributed by atoms with E-state index in [-0.39, 0.29) is 17.9 Å². The Morgan fingerprint density at radius 2 is 1.85 bits per heavy atom. The van der Waals surface area contributed by atoms with Gasteiger partial charge in [0.1, 0.15) is 0 Å². The zero-order chi connectivity index (χ0) is 17.9. The van der Waals surface area contributed by atoms with Crippen LogP contribution in [0.2, 0.25) is 0 Å². The third-order valence-corrected chi connectivity index (χ3v) is 6.33. The summed E-state index contributed by atoms with van der Waals surface area (Å²) in [7, 11) is 0. The Balaban J connectivity index is 1.21. The molecule has 142 valence electrons. The quantitative estimate of drug-likeness (QED) is 0.726. The summed E-state index contributed by atoms with van der Waals surface area (Å²) in [6.07, 6.45) is 5.76. The van der Waals surface area contributed by atoms with E-state index >= 15 is 0 Å². The second-order valence-electron chi connectivity index (χ2n) is 8.33. The molecule has 3 atom stereocenters. The number of rotatable bonds is 6. The highest BCUT2D eigenvalue weighted by molar-refractivity contribution is 5.81. The summed E-state index contributed by atoms with van der Waals surface area (Å²) in [4.78, 5) is 15.4. The van der Waals surface area contributed by atoms with E-state index in [1.165, 1.54) is 18.4 Å². The topological polar surface area (TPSA) is 56.4 Å². The average Bonchev–Trinajstić information content (AvgIpc) is 3.44.